The summed E-state index contributed by atoms with van der Waals surface area (Å²) in [5.74, 6) is 1.84. The predicted octanol–water partition coefficient (Wildman–Crippen LogP) is 3.26. The molecule has 3 atom stereocenters. The van der Waals surface area contributed by atoms with E-state index in [1.54, 1.807) is 0 Å². The van der Waals surface area contributed by atoms with Gasteiger partial charge >= 0.3 is 0 Å². The number of fused-ring (bicyclic) bond motifs is 1. The molecule has 2 aliphatic carbocycles. The summed E-state index contributed by atoms with van der Waals surface area (Å²) in [6.07, 6.45) is 7.30. The van der Waals surface area contributed by atoms with Crippen molar-refractivity contribution in [3.63, 3.8) is 0 Å². The van der Waals surface area contributed by atoms with Crippen LogP contribution in [0.15, 0.2) is 4.99 Å². The number of rotatable bonds is 2. The standard InChI is InChI=1S/C18H31N3O.HI/c1-4-19-16(21-10-9-18(12-21)7-5-8-18)20-14-13-6-11-22-15(13)17(14,2)3;/h13-15H,4-12H2,1-3H3,(H,19,20);1H. The van der Waals surface area contributed by atoms with E-state index in [2.05, 4.69) is 31.0 Å². The van der Waals surface area contributed by atoms with Gasteiger partial charge in [-0.1, -0.05) is 20.3 Å². The van der Waals surface area contributed by atoms with Crippen LogP contribution in [0.25, 0.3) is 0 Å². The van der Waals surface area contributed by atoms with Crippen LogP contribution < -0.4 is 5.32 Å². The van der Waals surface area contributed by atoms with Crippen molar-refractivity contribution in [2.24, 2.45) is 21.7 Å². The zero-order chi connectivity index (χ0) is 15.4. The molecule has 0 aromatic rings. The van der Waals surface area contributed by atoms with Gasteiger partial charge in [0.1, 0.15) is 0 Å². The molecule has 0 bridgehead atoms. The first kappa shape index (κ1) is 17.8. The Kier molecular flexibility index (Phi) is 4.91. The Balaban J connectivity index is 0.00000156. The fourth-order valence-corrected chi connectivity index (χ4v) is 5.34. The van der Waals surface area contributed by atoms with Crippen LogP contribution in [0.1, 0.15) is 52.9 Å². The van der Waals surface area contributed by atoms with E-state index in [0.29, 0.717) is 23.5 Å². The lowest BCUT2D eigenvalue weighted by molar-refractivity contribution is -0.107. The average Bonchev–Trinajstić information content (AvgIpc) is 3.08. The summed E-state index contributed by atoms with van der Waals surface area (Å²) < 4.78 is 5.93. The molecule has 4 aliphatic rings. The number of hydrogen-bond donors (Lipinski definition) is 1. The van der Waals surface area contributed by atoms with Gasteiger partial charge < -0.3 is 15.0 Å². The van der Waals surface area contributed by atoms with Gasteiger partial charge in [-0.3, -0.25) is 4.99 Å². The molecule has 4 nitrogen and oxygen atoms in total. The normalized spacial score (nSPS) is 36.9. The fourth-order valence-electron chi connectivity index (χ4n) is 5.34. The third kappa shape index (κ3) is 2.79. The molecule has 4 fully saturated rings. The molecule has 2 saturated heterocycles. The minimum Gasteiger partial charge on any atom is -0.377 e. The van der Waals surface area contributed by atoms with Gasteiger partial charge in [-0.2, -0.15) is 0 Å². The minimum absolute atomic E-state index is 0. The summed E-state index contributed by atoms with van der Waals surface area (Å²) in [6, 6.07) is 0.517. The van der Waals surface area contributed by atoms with Crippen LogP contribution >= 0.6 is 24.0 Å². The van der Waals surface area contributed by atoms with E-state index in [1.807, 2.05) is 0 Å². The summed E-state index contributed by atoms with van der Waals surface area (Å²) in [6.45, 7) is 11.0. The molecule has 2 aliphatic heterocycles. The summed E-state index contributed by atoms with van der Waals surface area (Å²) in [4.78, 5) is 7.35. The average molecular weight is 433 g/mol. The third-order valence-corrected chi connectivity index (χ3v) is 6.85. The maximum absolute atomic E-state index is 5.93. The van der Waals surface area contributed by atoms with Gasteiger partial charge in [0.2, 0.25) is 0 Å². The fraction of sp³-hybridized carbons (Fsp3) is 0.944. The zero-order valence-electron chi connectivity index (χ0n) is 14.8. The number of nitrogens with zero attached hydrogens (tertiary/aromatic N) is 2. The van der Waals surface area contributed by atoms with Crippen LogP contribution in [0.4, 0.5) is 0 Å². The van der Waals surface area contributed by atoms with Gasteiger partial charge in [0, 0.05) is 43.6 Å². The molecule has 4 rings (SSSR count). The molecule has 0 aromatic carbocycles. The molecule has 5 heteroatoms. The first-order chi connectivity index (χ1) is 10.6. The molecule has 0 radical (unpaired) electrons. The van der Waals surface area contributed by atoms with Crippen molar-refractivity contribution in [3.05, 3.63) is 0 Å². The van der Waals surface area contributed by atoms with Crippen molar-refractivity contribution in [1.29, 1.82) is 0 Å². The van der Waals surface area contributed by atoms with Crippen molar-refractivity contribution < 1.29 is 4.74 Å². The van der Waals surface area contributed by atoms with Gasteiger partial charge in [-0.25, -0.2) is 0 Å². The van der Waals surface area contributed by atoms with E-state index in [4.69, 9.17) is 9.73 Å². The molecule has 0 amide bonds. The molecule has 2 heterocycles. The molecule has 3 unspecified atom stereocenters. The highest BCUT2D eigenvalue weighted by atomic mass is 127. The van der Waals surface area contributed by atoms with Crippen LogP contribution in [0.3, 0.4) is 0 Å². The second-order valence-corrected chi connectivity index (χ2v) is 8.51. The van der Waals surface area contributed by atoms with E-state index < -0.39 is 0 Å². The predicted molar refractivity (Wildman–Crippen MR) is 104 cm³/mol. The van der Waals surface area contributed by atoms with Crippen LogP contribution in [0, 0.1) is 16.7 Å². The number of guanidine groups is 1. The summed E-state index contributed by atoms with van der Waals surface area (Å²) in [7, 11) is 0. The Bertz CT molecular complexity index is 475. The minimum atomic E-state index is 0. The van der Waals surface area contributed by atoms with E-state index >= 15 is 0 Å². The van der Waals surface area contributed by atoms with Crippen LogP contribution in [-0.2, 0) is 4.74 Å². The van der Waals surface area contributed by atoms with Gasteiger partial charge in [-0.15, -0.1) is 24.0 Å². The number of ether oxygens (including phenoxy) is 1. The SMILES string of the molecule is CCN=C(NC1C2CCOC2C1(C)C)N1CCC2(CCC2)C1.I. The highest BCUT2D eigenvalue weighted by molar-refractivity contribution is 14.0. The van der Waals surface area contributed by atoms with Crippen LogP contribution in [-0.4, -0.2) is 49.2 Å². The lowest BCUT2D eigenvalue weighted by Crippen LogP contribution is -2.68. The smallest absolute Gasteiger partial charge is 0.194 e. The molecule has 0 aromatic heterocycles. The second kappa shape index (κ2) is 6.36. The molecule has 23 heavy (non-hydrogen) atoms. The monoisotopic (exact) mass is 433 g/mol. The Morgan fingerprint density at radius 2 is 2.09 bits per heavy atom. The third-order valence-electron chi connectivity index (χ3n) is 6.85. The van der Waals surface area contributed by atoms with Crippen LogP contribution in [0.5, 0.6) is 0 Å². The Morgan fingerprint density at radius 3 is 2.70 bits per heavy atom. The molecular weight excluding hydrogens is 401 g/mol. The van der Waals surface area contributed by atoms with Gasteiger partial charge in [0.05, 0.1) is 6.10 Å². The maximum atomic E-state index is 5.93. The van der Waals surface area contributed by atoms with Crippen molar-refractivity contribution >= 4 is 29.9 Å². The highest BCUT2D eigenvalue weighted by Gasteiger charge is 2.60. The van der Waals surface area contributed by atoms with E-state index in [0.717, 1.165) is 19.1 Å². The number of hydrogen-bond acceptors (Lipinski definition) is 2. The van der Waals surface area contributed by atoms with Gasteiger partial charge in [-0.05, 0) is 38.0 Å². The van der Waals surface area contributed by atoms with E-state index in [-0.39, 0.29) is 29.4 Å². The Morgan fingerprint density at radius 1 is 1.30 bits per heavy atom. The second-order valence-electron chi connectivity index (χ2n) is 8.51. The largest absolute Gasteiger partial charge is 0.377 e. The number of likely N-dealkylation sites (tertiary alicyclic amines) is 1. The molecule has 132 valence electrons. The maximum Gasteiger partial charge on any atom is 0.194 e. The Hall–Kier alpha value is -0.0400. The van der Waals surface area contributed by atoms with Gasteiger partial charge in [0.25, 0.3) is 0 Å². The zero-order valence-corrected chi connectivity index (χ0v) is 17.1. The van der Waals surface area contributed by atoms with Crippen molar-refractivity contribution in [3.8, 4) is 0 Å². The summed E-state index contributed by atoms with van der Waals surface area (Å²) in [5, 5.41) is 3.84. The first-order valence-electron chi connectivity index (χ1n) is 9.23. The number of aliphatic imine (C=N–C) groups is 1. The van der Waals surface area contributed by atoms with Crippen LogP contribution in [0.2, 0.25) is 0 Å². The number of halogens is 1. The molecule has 1 spiro atoms. The summed E-state index contributed by atoms with van der Waals surface area (Å²) >= 11 is 0. The number of nitrogens with one attached hydrogen (secondary N) is 1. The quantitative estimate of drug-likeness (QED) is 0.413. The first-order valence-corrected chi connectivity index (χ1v) is 9.23. The lowest BCUT2D eigenvalue weighted by atomic mass is 9.57. The molecule has 2 saturated carbocycles. The summed E-state index contributed by atoms with van der Waals surface area (Å²) in [5.41, 5.74) is 0.855. The van der Waals surface area contributed by atoms with Crippen molar-refractivity contribution in [2.75, 3.05) is 26.2 Å². The Labute approximate surface area is 157 Å². The van der Waals surface area contributed by atoms with E-state index in [1.165, 1.54) is 45.2 Å². The van der Waals surface area contributed by atoms with Crippen molar-refractivity contribution in [2.45, 2.75) is 65.0 Å². The molecular formula is C18H32IN3O. The molecule has 1 N–H and O–H groups in total. The van der Waals surface area contributed by atoms with E-state index in [9.17, 15) is 0 Å². The topological polar surface area (TPSA) is 36.9 Å². The van der Waals surface area contributed by atoms with Crippen molar-refractivity contribution in [1.82, 2.24) is 10.2 Å². The lowest BCUT2D eigenvalue weighted by Gasteiger charge is -2.55. The van der Waals surface area contributed by atoms with Gasteiger partial charge in [0.15, 0.2) is 5.96 Å². The highest BCUT2D eigenvalue weighted by Crippen LogP contribution is 2.52.